The first-order valence-electron chi connectivity index (χ1n) is 4.67. The van der Waals surface area contributed by atoms with Crippen molar-refractivity contribution in [3.05, 3.63) is 29.8 Å². The lowest BCUT2D eigenvalue weighted by Gasteiger charge is -2.06. The summed E-state index contributed by atoms with van der Waals surface area (Å²) in [6.07, 6.45) is 3.72. The second-order valence-electron chi connectivity index (χ2n) is 2.97. The van der Waals surface area contributed by atoms with Crippen LogP contribution in [0.25, 0.3) is 5.57 Å². The van der Waals surface area contributed by atoms with E-state index in [1.54, 1.807) is 18.0 Å². The molecular weight excluding hydrogens is 208 g/mol. The monoisotopic (exact) mass is 222 g/mol. The quantitative estimate of drug-likeness (QED) is 0.467. The Balaban J connectivity index is 3.11. The number of rotatable bonds is 4. The van der Waals surface area contributed by atoms with Crippen molar-refractivity contribution in [2.75, 3.05) is 5.75 Å². The van der Waals surface area contributed by atoms with Crippen LogP contribution < -0.4 is 0 Å². The Morgan fingerprint density at radius 3 is 2.93 bits per heavy atom. The van der Waals surface area contributed by atoms with Gasteiger partial charge in [0.2, 0.25) is 0 Å². The second-order valence-corrected chi connectivity index (χ2v) is 4.28. The van der Waals surface area contributed by atoms with Gasteiger partial charge in [0.25, 0.3) is 0 Å². The van der Waals surface area contributed by atoms with Crippen molar-refractivity contribution < 1.29 is 5.11 Å². The number of hydrogen-bond acceptors (Lipinski definition) is 4. The number of aliphatic hydroxyl groups excluding tert-OH is 1. The van der Waals surface area contributed by atoms with Crippen LogP contribution in [-0.4, -0.2) is 22.1 Å². The van der Waals surface area contributed by atoms with Gasteiger partial charge in [-0.1, -0.05) is 6.92 Å². The SMILES string of the molecule is CCSc1cc(/C(C=N)=C/O)cnc1C. The molecule has 0 unspecified atom stereocenters. The number of aryl methyl sites for hydroxylation is 1. The number of nitrogens with one attached hydrogen (secondary N) is 1. The molecule has 0 amide bonds. The standard InChI is InChI=1S/C11H14N2OS/c1-3-15-11-4-9(6-13-8(11)2)10(5-12)7-14/h4-7,12,14H,3H2,1-2H3/b10-7+,12-5?. The lowest BCUT2D eigenvalue weighted by molar-refractivity contribution is 0.477. The van der Waals surface area contributed by atoms with Gasteiger partial charge in [0, 0.05) is 28.4 Å². The molecule has 1 heterocycles. The molecule has 0 saturated heterocycles. The molecule has 0 aliphatic carbocycles. The average molecular weight is 222 g/mol. The smallest absolute Gasteiger partial charge is 0.0885 e. The molecule has 0 saturated carbocycles. The van der Waals surface area contributed by atoms with E-state index < -0.39 is 0 Å². The zero-order valence-corrected chi connectivity index (χ0v) is 9.64. The molecule has 1 rings (SSSR count). The first kappa shape index (κ1) is 11.8. The molecule has 0 aliphatic heterocycles. The van der Waals surface area contributed by atoms with Gasteiger partial charge in [0.15, 0.2) is 0 Å². The van der Waals surface area contributed by atoms with E-state index >= 15 is 0 Å². The maximum Gasteiger partial charge on any atom is 0.0885 e. The van der Waals surface area contributed by atoms with E-state index in [-0.39, 0.29) is 0 Å². The van der Waals surface area contributed by atoms with E-state index in [9.17, 15) is 0 Å². The number of pyridine rings is 1. The van der Waals surface area contributed by atoms with Gasteiger partial charge in [-0.15, -0.1) is 11.8 Å². The molecule has 0 fully saturated rings. The highest BCUT2D eigenvalue weighted by Crippen LogP contribution is 2.23. The van der Waals surface area contributed by atoms with Crippen LogP contribution in [0.2, 0.25) is 0 Å². The molecule has 0 atom stereocenters. The molecule has 0 spiro atoms. The summed E-state index contributed by atoms with van der Waals surface area (Å²) in [6, 6.07) is 1.95. The summed E-state index contributed by atoms with van der Waals surface area (Å²) < 4.78 is 0. The number of aromatic nitrogens is 1. The molecule has 2 N–H and O–H groups in total. The fraction of sp³-hybridized carbons (Fsp3) is 0.273. The predicted octanol–water partition coefficient (Wildman–Crippen LogP) is 3.05. The minimum atomic E-state index is 0.473. The molecule has 0 aromatic carbocycles. The molecule has 0 aliphatic rings. The molecule has 15 heavy (non-hydrogen) atoms. The number of hydrogen-bond donors (Lipinski definition) is 2. The Hall–Kier alpha value is -1.29. The molecule has 1 aromatic heterocycles. The highest BCUT2D eigenvalue weighted by Gasteiger charge is 2.04. The van der Waals surface area contributed by atoms with Gasteiger partial charge >= 0.3 is 0 Å². The Morgan fingerprint density at radius 1 is 1.67 bits per heavy atom. The van der Waals surface area contributed by atoms with Gasteiger partial charge in [0.1, 0.15) is 0 Å². The fourth-order valence-electron chi connectivity index (χ4n) is 1.17. The summed E-state index contributed by atoms with van der Waals surface area (Å²) >= 11 is 1.71. The largest absolute Gasteiger partial charge is 0.515 e. The Kier molecular flexibility index (Phi) is 4.37. The van der Waals surface area contributed by atoms with E-state index in [0.717, 1.165) is 34.4 Å². The van der Waals surface area contributed by atoms with Crippen molar-refractivity contribution in [2.24, 2.45) is 0 Å². The highest BCUT2D eigenvalue weighted by molar-refractivity contribution is 7.99. The topological polar surface area (TPSA) is 57.0 Å². The van der Waals surface area contributed by atoms with Crippen molar-refractivity contribution in [3.8, 4) is 0 Å². The zero-order chi connectivity index (χ0) is 11.3. The van der Waals surface area contributed by atoms with Crippen LogP contribution in [0.5, 0.6) is 0 Å². The van der Waals surface area contributed by atoms with Crippen molar-refractivity contribution in [2.45, 2.75) is 18.7 Å². The van der Waals surface area contributed by atoms with Gasteiger partial charge < -0.3 is 10.5 Å². The summed E-state index contributed by atoms with van der Waals surface area (Å²) in [5, 5.41) is 16.1. The summed E-state index contributed by atoms with van der Waals surface area (Å²) in [5.74, 6) is 0.981. The molecule has 0 bridgehead atoms. The molecule has 80 valence electrons. The summed E-state index contributed by atoms with van der Waals surface area (Å²) in [4.78, 5) is 5.33. The van der Waals surface area contributed by atoms with Crippen molar-refractivity contribution in [3.63, 3.8) is 0 Å². The predicted molar refractivity (Wildman–Crippen MR) is 64.8 cm³/mol. The summed E-state index contributed by atoms with van der Waals surface area (Å²) in [7, 11) is 0. The third kappa shape index (κ3) is 2.83. The number of nitrogens with zero attached hydrogens (tertiary/aromatic N) is 1. The van der Waals surface area contributed by atoms with Gasteiger partial charge in [-0.3, -0.25) is 4.98 Å². The van der Waals surface area contributed by atoms with E-state index in [0.29, 0.717) is 5.57 Å². The Labute approximate surface area is 93.8 Å². The van der Waals surface area contributed by atoms with Crippen LogP contribution in [0.4, 0.5) is 0 Å². The first-order chi connectivity index (χ1) is 7.22. The number of allylic oxidation sites excluding steroid dienone is 1. The summed E-state index contributed by atoms with van der Waals surface area (Å²) in [5.41, 5.74) is 2.22. The molecule has 4 heteroatoms. The molecule has 1 aromatic rings. The van der Waals surface area contributed by atoms with Gasteiger partial charge in [-0.05, 0) is 18.7 Å². The minimum Gasteiger partial charge on any atom is -0.515 e. The normalized spacial score (nSPS) is 11.5. The van der Waals surface area contributed by atoms with Crippen LogP contribution in [0.1, 0.15) is 18.2 Å². The Bertz CT molecular complexity index is 388. The third-order valence-electron chi connectivity index (χ3n) is 1.97. The minimum absolute atomic E-state index is 0.473. The van der Waals surface area contributed by atoms with Crippen LogP contribution >= 0.6 is 11.8 Å². The molecule has 0 radical (unpaired) electrons. The van der Waals surface area contributed by atoms with E-state index in [1.807, 2.05) is 13.0 Å². The summed E-state index contributed by atoms with van der Waals surface area (Å²) in [6.45, 7) is 4.03. The van der Waals surface area contributed by atoms with E-state index in [1.165, 1.54) is 0 Å². The van der Waals surface area contributed by atoms with Crippen LogP contribution in [0.15, 0.2) is 23.4 Å². The number of thioether (sulfide) groups is 1. The Morgan fingerprint density at radius 2 is 2.40 bits per heavy atom. The van der Waals surface area contributed by atoms with Gasteiger partial charge in [-0.25, -0.2) is 0 Å². The second kappa shape index (κ2) is 5.56. The van der Waals surface area contributed by atoms with Crippen LogP contribution in [0, 0.1) is 12.3 Å². The highest BCUT2D eigenvalue weighted by atomic mass is 32.2. The van der Waals surface area contributed by atoms with Gasteiger partial charge in [-0.2, -0.15) is 0 Å². The molecular formula is C11H14N2OS. The zero-order valence-electron chi connectivity index (χ0n) is 8.82. The lowest BCUT2D eigenvalue weighted by atomic mass is 10.1. The van der Waals surface area contributed by atoms with E-state index in [4.69, 9.17) is 10.5 Å². The van der Waals surface area contributed by atoms with Crippen molar-refractivity contribution in [1.29, 1.82) is 5.41 Å². The first-order valence-corrected chi connectivity index (χ1v) is 5.66. The van der Waals surface area contributed by atoms with Gasteiger partial charge in [0.05, 0.1) is 12.0 Å². The molecule has 3 nitrogen and oxygen atoms in total. The van der Waals surface area contributed by atoms with E-state index in [2.05, 4.69) is 11.9 Å². The average Bonchev–Trinajstić information content (AvgIpc) is 2.25. The van der Waals surface area contributed by atoms with Crippen molar-refractivity contribution in [1.82, 2.24) is 4.98 Å². The van der Waals surface area contributed by atoms with Crippen LogP contribution in [0.3, 0.4) is 0 Å². The van der Waals surface area contributed by atoms with Crippen LogP contribution in [-0.2, 0) is 0 Å². The lowest BCUT2D eigenvalue weighted by Crippen LogP contribution is -1.92. The number of aliphatic hydroxyl groups is 1. The fourth-order valence-corrected chi connectivity index (χ4v) is 1.95. The van der Waals surface area contributed by atoms with Crippen molar-refractivity contribution >= 4 is 23.5 Å². The maximum absolute atomic E-state index is 8.92. The third-order valence-corrected chi connectivity index (χ3v) is 2.98. The maximum atomic E-state index is 8.92.